The van der Waals surface area contributed by atoms with Crippen molar-refractivity contribution >= 4 is 19.2 Å². The standard InChI is InChI=1S/C12H13FN5O7P/c13-5-1-7(18-8(5)11(15)16-4-17-18)12(3-14)10(20)9(19)6(25-12)2-24-26(21,22)23/h1,4,6,9-10,19-20H,2H2,(H2,15,16,17)(H2,21,22,23)/t6-,9-,10-,12+/m1/s1. The van der Waals surface area contributed by atoms with E-state index in [0.29, 0.717) is 0 Å². The van der Waals surface area contributed by atoms with Crippen LogP contribution >= 0.6 is 7.82 Å². The second-order valence-corrected chi connectivity index (χ2v) is 6.75. The number of nitrogen functional groups attached to an aromatic ring is 1. The Morgan fingerprint density at radius 3 is 2.85 bits per heavy atom. The summed E-state index contributed by atoms with van der Waals surface area (Å²) in [6, 6.07) is 2.49. The highest BCUT2D eigenvalue weighted by atomic mass is 31.2. The molecule has 0 aliphatic carbocycles. The molecule has 2 aromatic heterocycles. The molecule has 14 heteroatoms. The highest BCUT2D eigenvalue weighted by Crippen LogP contribution is 2.43. The normalized spacial score (nSPS) is 29.2. The average Bonchev–Trinajstić information content (AvgIpc) is 3.03. The Kier molecular flexibility index (Phi) is 4.45. The van der Waals surface area contributed by atoms with E-state index in [2.05, 4.69) is 14.6 Å². The van der Waals surface area contributed by atoms with Crippen LogP contribution in [0.4, 0.5) is 10.2 Å². The maximum absolute atomic E-state index is 14.2. The van der Waals surface area contributed by atoms with Gasteiger partial charge in [-0.05, 0) is 0 Å². The van der Waals surface area contributed by atoms with E-state index in [0.717, 1.165) is 16.9 Å². The molecule has 2 aromatic rings. The first-order valence-corrected chi connectivity index (χ1v) is 8.57. The molecule has 3 heterocycles. The van der Waals surface area contributed by atoms with E-state index < -0.39 is 44.2 Å². The molecule has 1 aliphatic rings. The van der Waals surface area contributed by atoms with E-state index in [9.17, 15) is 24.4 Å². The van der Waals surface area contributed by atoms with Crippen molar-refractivity contribution in [1.82, 2.24) is 14.6 Å². The largest absolute Gasteiger partial charge is 0.469 e. The van der Waals surface area contributed by atoms with Gasteiger partial charge in [0.15, 0.2) is 11.6 Å². The Hall–Kier alpha value is -2.17. The van der Waals surface area contributed by atoms with E-state index >= 15 is 0 Å². The lowest BCUT2D eigenvalue weighted by Gasteiger charge is -2.24. The number of hydrogen-bond donors (Lipinski definition) is 5. The van der Waals surface area contributed by atoms with Crippen LogP contribution < -0.4 is 5.73 Å². The summed E-state index contributed by atoms with van der Waals surface area (Å²) in [5.41, 5.74) is 2.74. The van der Waals surface area contributed by atoms with Gasteiger partial charge >= 0.3 is 7.82 Å². The number of phosphoric ester groups is 1. The number of ether oxygens (including phenoxy) is 1. The predicted molar refractivity (Wildman–Crippen MR) is 79.5 cm³/mol. The number of aliphatic hydroxyl groups excluding tert-OH is 2. The summed E-state index contributed by atoms with van der Waals surface area (Å²) < 4.78 is 35.5. The van der Waals surface area contributed by atoms with Gasteiger partial charge in [-0.15, -0.1) is 0 Å². The van der Waals surface area contributed by atoms with Crippen molar-refractivity contribution in [3.8, 4) is 6.07 Å². The highest BCUT2D eigenvalue weighted by Gasteiger charge is 2.58. The number of aromatic nitrogens is 3. The van der Waals surface area contributed by atoms with Crippen molar-refractivity contribution < 1.29 is 38.2 Å². The number of phosphoric acid groups is 1. The zero-order valence-corrected chi connectivity index (χ0v) is 13.7. The molecule has 4 atom stereocenters. The highest BCUT2D eigenvalue weighted by molar-refractivity contribution is 7.46. The van der Waals surface area contributed by atoms with Crippen molar-refractivity contribution in [2.24, 2.45) is 0 Å². The van der Waals surface area contributed by atoms with Crippen LogP contribution in [0.1, 0.15) is 5.69 Å². The maximum atomic E-state index is 14.2. The number of nitrogens with two attached hydrogens (primary N) is 1. The quantitative estimate of drug-likeness (QED) is 0.378. The van der Waals surface area contributed by atoms with Crippen LogP contribution in [0.3, 0.4) is 0 Å². The molecule has 140 valence electrons. The third-order valence-electron chi connectivity index (χ3n) is 3.95. The van der Waals surface area contributed by atoms with Gasteiger partial charge in [-0.25, -0.2) is 18.5 Å². The summed E-state index contributed by atoms with van der Waals surface area (Å²) in [7, 11) is -4.89. The Labute approximate surface area is 144 Å². The minimum Gasteiger partial charge on any atom is -0.387 e. The summed E-state index contributed by atoms with van der Waals surface area (Å²) in [5, 5.41) is 33.8. The molecule has 12 nitrogen and oxygen atoms in total. The summed E-state index contributed by atoms with van der Waals surface area (Å²) in [6.07, 6.45) is -4.15. The smallest absolute Gasteiger partial charge is 0.387 e. The molecule has 6 N–H and O–H groups in total. The van der Waals surface area contributed by atoms with Crippen LogP contribution in [0.2, 0.25) is 0 Å². The van der Waals surface area contributed by atoms with Gasteiger partial charge in [-0.1, -0.05) is 0 Å². The number of hydrogen-bond acceptors (Lipinski definition) is 9. The fraction of sp³-hybridized carbons (Fsp3) is 0.417. The van der Waals surface area contributed by atoms with Gasteiger partial charge in [0.05, 0.1) is 12.3 Å². The fourth-order valence-corrected chi connectivity index (χ4v) is 3.12. The molecule has 0 radical (unpaired) electrons. The fourth-order valence-electron chi connectivity index (χ4n) is 2.77. The number of halogens is 1. The van der Waals surface area contributed by atoms with Crippen molar-refractivity contribution in [3.63, 3.8) is 0 Å². The Bertz CT molecular complexity index is 942. The van der Waals surface area contributed by atoms with E-state index in [1.165, 1.54) is 0 Å². The third-order valence-corrected chi connectivity index (χ3v) is 4.43. The van der Waals surface area contributed by atoms with Gasteiger partial charge in [0.2, 0.25) is 5.60 Å². The Balaban J connectivity index is 2.06. The lowest BCUT2D eigenvalue weighted by atomic mass is 9.92. The van der Waals surface area contributed by atoms with E-state index in [-0.39, 0.29) is 17.0 Å². The molecular formula is C12H13FN5O7P. The van der Waals surface area contributed by atoms with Gasteiger partial charge in [-0.3, -0.25) is 4.52 Å². The van der Waals surface area contributed by atoms with Crippen molar-refractivity contribution in [2.45, 2.75) is 23.9 Å². The molecule has 1 saturated heterocycles. The molecule has 1 aliphatic heterocycles. The number of aliphatic hydroxyl groups is 2. The number of fused-ring (bicyclic) bond motifs is 1. The summed E-state index contributed by atoms with van der Waals surface area (Å²) in [5.74, 6) is -1.13. The molecule has 1 fully saturated rings. The summed E-state index contributed by atoms with van der Waals surface area (Å²) in [6.45, 7) is -0.825. The van der Waals surface area contributed by atoms with Crippen LogP contribution in [0.25, 0.3) is 5.52 Å². The maximum Gasteiger partial charge on any atom is 0.469 e. The Morgan fingerprint density at radius 2 is 2.23 bits per heavy atom. The Morgan fingerprint density at radius 1 is 1.54 bits per heavy atom. The first-order chi connectivity index (χ1) is 12.1. The number of rotatable bonds is 4. The average molecular weight is 389 g/mol. The molecule has 0 bridgehead atoms. The minimum absolute atomic E-state index is 0.230. The van der Waals surface area contributed by atoms with Gasteiger partial charge in [0.1, 0.15) is 36.2 Å². The zero-order valence-electron chi connectivity index (χ0n) is 12.8. The van der Waals surface area contributed by atoms with Gasteiger partial charge in [-0.2, -0.15) is 10.4 Å². The zero-order chi connectivity index (χ0) is 19.3. The van der Waals surface area contributed by atoms with Crippen LogP contribution in [0, 0.1) is 17.1 Å². The van der Waals surface area contributed by atoms with Crippen LogP contribution in [-0.4, -0.2) is 59.5 Å². The molecule has 0 spiro atoms. The lowest BCUT2D eigenvalue weighted by Crippen LogP contribution is -2.41. The molecule has 0 saturated carbocycles. The van der Waals surface area contributed by atoms with E-state index in [4.69, 9.17) is 20.3 Å². The second-order valence-electron chi connectivity index (χ2n) is 5.51. The molecule has 26 heavy (non-hydrogen) atoms. The van der Waals surface area contributed by atoms with Gasteiger partial charge in [0.25, 0.3) is 0 Å². The summed E-state index contributed by atoms with van der Waals surface area (Å²) >= 11 is 0. The SMILES string of the molecule is N#C[C@@]1(c2cc(F)c3c(N)ncnn23)O[C@H](COP(=O)(O)O)[C@@H](O)[C@H]1O. The number of nitrogens with zero attached hydrogens (tertiary/aromatic N) is 4. The van der Waals surface area contributed by atoms with Crippen molar-refractivity contribution in [2.75, 3.05) is 12.3 Å². The van der Waals surface area contributed by atoms with Crippen molar-refractivity contribution in [1.29, 1.82) is 5.26 Å². The monoisotopic (exact) mass is 389 g/mol. The topological polar surface area (TPSA) is 196 Å². The second kappa shape index (κ2) is 6.22. The van der Waals surface area contributed by atoms with Crippen LogP contribution in [0.5, 0.6) is 0 Å². The van der Waals surface area contributed by atoms with Crippen LogP contribution in [0.15, 0.2) is 12.4 Å². The summed E-state index contributed by atoms with van der Waals surface area (Å²) in [4.78, 5) is 21.1. The minimum atomic E-state index is -4.89. The third kappa shape index (κ3) is 2.83. The molecular weight excluding hydrogens is 376 g/mol. The van der Waals surface area contributed by atoms with E-state index in [1.807, 2.05) is 0 Å². The van der Waals surface area contributed by atoms with Gasteiger partial charge in [0, 0.05) is 6.07 Å². The first kappa shape index (κ1) is 18.6. The van der Waals surface area contributed by atoms with Crippen LogP contribution in [-0.2, 0) is 19.4 Å². The molecule has 0 amide bonds. The van der Waals surface area contributed by atoms with E-state index in [1.54, 1.807) is 6.07 Å². The number of anilines is 1. The first-order valence-electron chi connectivity index (χ1n) is 7.04. The molecule has 0 aromatic carbocycles. The molecule has 3 rings (SSSR count). The van der Waals surface area contributed by atoms with Gasteiger partial charge < -0.3 is 30.5 Å². The number of nitriles is 1. The lowest BCUT2D eigenvalue weighted by molar-refractivity contribution is -0.0635. The molecule has 0 unspecified atom stereocenters. The predicted octanol–water partition coefficient (Wildman–Crippen LogP) is -1.60. The van der Waals surface area contributed by atoms with Crippen molar-refractivity contribution in [3.05, 3.63) is 23.9 Å².